The van der Waals surface area contributed by atoms with Crippen molar-refractivity contribution in [3.8, 4) is 0 Å². The average molecular weight is 276 g/mol. The van der Waals surface area contributed by atoms with Crippen LogP contribution in [-0.4, -0.2) is 21.8 Å². The van der Waals surface area contributed by atoms with Crippen LogP contribution in [0.2, 0.25) is 0 Å². The van der Waals surface area contributed by atoms with Crippen molar-refractivity contribution in [2.75, 3.05) is 11.9 Å². The smallest absolute Gasteiger partial charge is 0.300 e. The predicted molar refractivity (Wildman–Crippen MR) is 73.5 cm³/mol. The Balaban J connectivity index is 1.84. The molecule has 20 heavy (non-hydrogen) atoms. The third-order valence-electron chi connectivity index (χ3n) is 3.98. The number of nitrogens with one attached hydrogen (secondary N) is 1. The molecule has 1 heterocycles. The topological polar surface area (TPSA) is 94.1 Å². The number of hydrogen-bond acceptors (Lipinski definition) is 6. The van der Waals surface area contributed by atoms with Crippen molar-refractivity contribution in [1.82, 2.24) is 10.3 Å². The van der Waals surface area contributed by atoms with Gasteiger partial charge in [0.15, 0.2) is 5.52 Å². The van der Waals surface area contributed by atoms with Gasteiger partial charge in [0.05, 0.1) is 10.6 Å². The molecule has 0 unspecified atom stereocenters. The van der Waals surface area contributed by atoms with Crippen LogP contribution in [-0.2, 0) is 0 Å². The molecular formula is C13H16N4O3. The Morgan fingerprint density at radius 1 is 1.40 bits per heavy atom. The minimum absolute atomic E-state index is 0.0820. The van der Waals surface area contributed by atoms with E-state index in [1.165, 1.54) is 31.7 Å². The molecule has 0 saturated heterocycles. The lowest BCUT2D eigenvalue weighted by molar-refractivity contribution is -0.383. The van der Waals surface area contributed by atoms with Crippen LogP contribution in [0.1, 0.15) is 32.6 Å². The second kappa shape index (κ2) is 4.73. The molecule has 1 aliphatic carbocycles. The van der Waals surface area contributed by atoms with Gasteiger partial charge in [0.1, 0.15) is 0 Å². The molecule has 0 atom stereocenters. The van der Waals surface area contributed by atoms with Crippen LogP contribution in [0, 0.1) is 15.5 Å². The van der Waals surface area contributed by atoms with Gasteiger partial charge in [0.2, 0.25) is 5.52 Å². The van der Waals surface area contributed by atoms with E-state index in [0.717, 1.165) is 12.2 Å². The zero-order valence-corrected chi connectivity index (χ0v) is 11.3. The highest BCUT2D eigenvalue weighted by molar-refractivity contribution is 5.93. The average Bonchev–Trinajstić information content (AvgIpc) is 3.00. The lowest BCUT2D eigenvalue weighted by Gasteiger charge is -2.15. The van der Waals surface area contributed by atoms with Crippen LogP contribution in [0.15, 0.2) is 16.8 Å². The van der Waals surface area contributed by atoms with Gasteiger partial charge in [-0.2, -0.15) is 0 Å². The summed E-state index contributed by atoms with van der Waals surface area (Å²) in [6.07, 6.45) is 4.85. The number of non-ortho nitro benzene ring substituents is 1. The fraction of sp³-hybridized carbons (Fsp3) is 0.538. The van der Waals surface area contributed by atoms with Gasteiger partial charge in [-0.25, -0.2) is 4.63 Å². The first-order valence-electron chi connectivity index (χ1n) is 6.79. The predicted octanol–water partition coefficient (Wildman–Crippen LogP) is 3.12. The van der Waals surface area contributed by atoms with E-state index in [9.17, 15) is 10.1 Å². The van der Waals surface area contributed by atoms with Crippen molar-refractivity contribution in [2.45, 2.75) is 32.6 Å². The summed E-state index contributed by atoms with van der Waals surface area (Å²) in [6.45, 7) is 3.05. The summed E-state index contributed by atoms with van der Waals surface area (Å²) in [5, 5.41) is 21.7. The first-order valence-corrected chi connectivity index (χ1v) is 6.79. The van der Waals surface area contributed by atoms with E-state index in [0.29, 0.717) is 10.9 Å². The molecule has 1 aromatic carbocycles. The molecule has 1 aromatic heterocycles. The third-order valence-corrected chi connectivity index (χ3v) is 3.98. The number of fused-ring (bicyclic) bond motifs is 1. The number of aromatic nitrogens is 2. The number of anilines is 1. The molecule has 0 bridgehead atoms. The Morgan fingerprint density at radius 2 is 2.15 bits per heavy atom. The van der Waals surface area contributed by atoms with E-state index in [4.69, 9.17) is 0 Å². The maximum atomic E-state index is 10.9. The van der Waals surface area contributed by atoms with Crippen LogP contribution in [0.5, 0.6) is 0 Å². The molecule has 7 heteroatoms. The third kappa shape index (κ3) is 2.19. The van der Waals surface area contributed by atoms with Gasteiger partial charge in [-0.15, -0.1) is 0 Å². The van der Waals surface area contributed by atoms with Crippen LogP contribution in [0.4, 0.5) is 11.4 Å². The SMILES string of the molecule is CCCC1(CNc2ccc([N+](=O)[O-])c3nonc23)CC1. The fourth-order valence-electron chi connectivity index (χ4n) is 2.65. The van der Waals surface area contributed by atoms with Gasteiger partial charge < -0.3 is 5.32 Å². The molecular weight excluding hydrogens is 260 g/mol. The summed E-state index contributed by atoms with van der Waals surface area (Å²) in [6, 6.07) is 3.11. The summed E-state index contributed by atoms with van der Waals surface area (Å²) in [7, 11) is 0. The molecule has 1 aliphatic rings. The fourth-order valence-corrected chi connectivity index (χ4v) is 2.65. The van der Waals surface area contributed by atoms with E-state index in [1.807, 2.05) is 0 Å². The molecule has 1 saturated carbocycles. The van der Waals surface area contributed by atoms with Crippen molar-refractivity contribution in [3.63, 3.8) is 0 Å². The highest BCUT2D eigenvalue weighted by Gasteiger charge is 2.41. The quantitative estimate of drug-likeness (QED) is 0.643. The van der Waals surface area contributed by atoms with Gasteiger partial charge >= 0.3 is 5.69 Å². The van der Waals surface area contributed by atoms with Crippen molar-refractivity contribution < 1.29 is 9.55 Å². The highest BCUT2D eigenvalue weighted by Crippen LogP contribution is 2.49. The van der Waals surface area contributed by atoms with E-state index < -0.39 is 4.92 Å². The Bertz CT molecular complexity index is 648. The molecule has 0 amide bonds. The highest BCUT2D eigenvalue weighted by atomic mass is 16.6. The maximum Gasteiger partial charge on any atom is 0.300 e. The summed E-state index contributed by atoms with van der Waals surface area (Å²) >= 11 is 0. The Labute approximate surface area is 115 Å². The maximum absolute atomic E-state index is 10.9. The monoisotopic (exact) mass is 276 g/mol. The zero-order chi connectivity index (χ0) is 14.2. The summed E-state index contributed by atoms with van der Waals surface area (Å²) in [5.74, 6) is 0. The van der Waals surface area contributed by atoms with Crippen molar-refractivity contribution in [3.05, 3.63) is 22.2 Å². The Kier molecular flexibility index (Phi) is 3.04. The lowest BCUT2D eigenvalue weighted by Crippen LogP contribution is -2.15. The summed E-state index contributed by atoms with van der Waals surface area (Å²) in [4.78, 5) is 10.4. The molecule has 7 nitrogen and oxygen atoms in total. The van der Waals surface area contributed by atoms with Gasteiger partial charge in [0.25, 0.3) is 0 Å². The van der Waals surface area contributed by atoms with E-state index in [1.54, 1.807) is 6.07 Å². The second-order valence-corrected chi connectivity index (χ2v) is 5.45. The van der Waals surface area contributed by atoms with Crippen LogP contribution >= 0.6 is 0 Å². The molecule has 0 radical (unpaired) electrons. The lowest BCUT2D eigenvalue weighted by atomic mass is 10.0. The Morgan fingerprint density at radius 3 is 2.80 bits per heavy atom. The van der Waals surface area contributed by atoms with E-state index >= 15 is 0 Å². The number of nitro groups is 1. The van der Waals surface area contributed by atoms with E-state index in [2.05, 4.69) is 27.2 Å². The molecule has 1 fully saturated rings. The van der Waals surface area contributed by atoms with Gasteiger partial charge in [-0.1, -0.05) is 13.3 Å². The van der Waals surface area contributed by atoms with Gasteiger partial charge in [-0.3, -0.25) is 10.1 Å². The summed E-state index contributed by atoms with van der Waals surface area (Å²) in [5.41, 5.74) is 1.67. The van der Waals surface area contributed by atoms with Gasteiger partial charge in [-0.05, 0) is 41.1 Å². The van der Waals surface area contributed by atoms with E-state index in [-0.39, 0.29) is 11.2 Å². The molecule has 1 N–H and O–H groups in total. The van der Waals surface area contributed by atoms with Crippen molar-refractivity contribution in [2.24, 2.45) is 5.41 Å². The molecule has 0 aliphatic heterocycles. The number of nitrogens with zero attached hydrogens (tertiary/aromatic N) is 3. The minimum Gasteiger partial charge on any atom is -0.383 e. The van der Waals surface area contributed by atoms with Gasteiger partial charge in [0, 0.05) is 12.6 Å². The normalized spacial score (nSPS) is 16.2. The minimum atomic E-state index is -0.476. The molecule has 3 rings (SSSR count). The van der Waals surface area contributed by atoms with Crippen molar-refractivity contribution in [1.29, 1.82) is 0 Å². The number of benzene rings is 1. The molecule has 2 aromatic rings. The number of hydrogen-bond donors (Lipinski definition) is 1. The molecule has 106 valence electrons. The van der Waals surface area contributed by atoms with Crippen molar-refractivity contribution >= 4 is 22.4 Å². The summed E-state index contributed by atoms with van der Waals surface area (Å²) < 4.78 is 4.65. The number of nitro benzene ring substituents is 1. The first-order chi connectivity index (χ1) is 9.65. The number of rotatable bonds is 6. The first kappa shape index (κ1) is 12.8. The largest absolute Gasteiger partial charge is 0.383 e. The van der Waals surface area contributed by atoms with Crippen LogP contribution < -0.4 is 5.32 Å². The van der Waals surface area contributed by atoms with Crippen LogP contribution in [0.3, 0.4) is 0 Å². The second-order valence-electron chi connectivity index (χ2n) is 5.45. The molecule has 0 spiro atoms. The Hall–Kier alpha value is -2.18. The van der Waals surface area contributed by atoms with Crippen LogP contribution in [0.25, 0.3) is 11.0 Å². The standard InChI is InChI=1S/C13H16N4O3/c1-2-5-13(6-7-13)8-14-9-3-4-10(17(18)19)12-11(9)15-20-16-12/h3-4,14H,2,5-8H2,1H3. The zero-order valence-electron chi connectivity index (χ0n) is 11.3.